The number of nitrogens with zero attached hydrogens (tertiary/aromatic N) is 1. The topological polar surface area (TPSA) is 45.7 Å². The van der Waals surface area contributed by atoms with Crippen LogP contribution in [0.2, 0.25) is 0 Å². The summed E-state index contributed by atoms with van der Waals surface area (Å²) < 4.78 is 78.6. The van der Waals surface area contributed by atoms with E-state index in [1.807, 2.05) is 0 Å². The van der Waals surface area contributed by atoms with Crippen LogP contribution in [-0.2, 0) is 6.54 Å². The van der Waals surface area contributed by atoms with E-state index in [-0.39, 0.29) is 47.8 Å². The summed E-state index contributed by atoms with van der Waals surface area (Å²) in [7, 11) is 1.31. The first kappa shape index (κ1) is 22.6. The lowest BCUT2D eigenvalue weighted by Gasteiger charge is -2.15. The Kier molecular flexibility index (Phi) is 9.85. The lowest BCUT2D eigenvalue weighted by Crippen LogP contribution is -2.38. The fraction of sp³-hybridized carbons (Fsp3) is 0.462. The number of hydrogen-bond acceptors (Lipinski definition) is 2. The van der Waals surface area contributed by atoms with Crippen molar-refractivity contribution in [3.63, 3.8) is 0 Å². The molecule has 0 spiro atoms. The minimum absolute atomic E-state index is 0. The molecule has 0 fully saturated rings. The second-order valence-corrected chi connectivity index (χ2v) is 4.31. The fourth-order valence-corrected chi connectivity index (χ4v) is 1.63. The zero-order valence-electron chi connectivity index (χ0n) is 12.5. The number of halogens is 7. The van der Waals surface area contributed by atoms with E-state index in [1.54, 1.807) is 0 Å². The van der Waals surface area contributed by atoms with Crippen molar-refractivity contribution in [2.75, 3.05) is 13.6 Å². The molecular formula is C13H16F6IN3O. The number of benzene rings is 1. The van der Waals surface area contributed by atoms with Gasteiger partial charge in [-0.25, -0.2) is 4.39 Å². The molecule has 2 N–H and O–H groups in total. The third-order valence-corrected chi connectivity index (χ3v) is 2.65. The minimum Gasteiger partial charge on any atom is -0.434 e. The van der Waals surface area contributed by atoms with Crippen molar-refractivity contribution < 1.29 is 31.1 Å². The molecule has 0 atom stereocenters. The lowest BCUT2D eigenvalue weighted by molar-refractivity contribution is -0.132. The van der Waals surface area contributed by atoms with Gasteiger partial charge in [-0.2, -0.15) is 22.0 Å². The number of alkyl halides is 5. The van der Waals surface area contributed by atoms with Crippen molar-refractivity contribution in [3.8, 4) is 5.75 Å². The van der Waals surface area contributed by atoms with E-state index in [9.17, 15) is 26.3 Å². The van der Waals surface area contributed by atoms with Gasteiger partial charge in [0, 0.05) is 25.7 Å². The van der Waals surface area contributed by atoms with Crippen molar-refractivity contribution in [3.05, 3.63) is 29.6 Å². The molecular weight excluding hydrogens is 455 g/mol. The van der Waals surface area contributed by atoms with Gasteiger partial charge in [-0.1, -0.05) is 6.07 Å². The van der Waals surface area contributed by atoms with E-state index in [2.05, 4.69) is 20.4 Å². The number of hydrogen-bond donors (Lipinski definition) is 2. The number of ether oxygens (including phenoxy) is 1. The van der Waals surface area contributed by atoms with Gasteiger partial charge in [0.1, 0.15) is 11.6 Å². The molecule has 0 amide bonds. The Balaban J connectivity index is 0.00000529. The molecule has 1 aromatic carbocycles. The Morgan fingerprint density at radius 2 is 1.92 bits per heavy atom. The molecule has 24 heavy (non-hydrogen) atoms. The van der Waals surface area contributed by atoms with Gasteiger partial charge >= 0.3 is 12.8 Å². The molecule has 0 aliphatic heterocycles. The number of guanidine groups is 1. The molecule has 0 aromatic heterocycles. The quantitative estimate of drug-likeness (QED) is 0.288. The fourth-order valence-electron chi connectivity index (χ4n) is 1.63. The molecule has 0 saturated carbocycles. The van der Waals surface area contributed by atoms with Gasteiger partial charge in [0.05, 0.1) is 6.42 Å². The van der Waals surface area contributed by atoms with E-state index in [1.165, 1.54) is 13.1 Å². The van der Waals surface area contributed by atoms with Gasteiger partial charge in [-0.15, -0.1) is 24.0 Å². The molecule has 0 aliphatic carbocycles. The average molecular weight is 471 g/mol. The summed E-state index contributed by atoms with van der Waals surface area (Å²) in [6, 6.07) is 3.41. The normalized spacial score (nSPS) is 11.9. The summed E-state index contributed by atoms with van der Waals surface area (Å²) in [5.41, 5.74) is -0.188. The van der Waals surface area contributed by atoms with E-state index in [4.69, 9.17) is 0 Å². The first-order valence-electron chi connectivity index (χ1n) is 6.46. The Morgan fingerprint density at radius 1 is 1.25 bits per heavy atom. The van der Waals surface area contributed by atoms with Crippen molar-refractivity contribution in [1.29, 1.82) is 0 Å². The van der Waals surface area contributed by atoms with Crippen LogP contribution in [0.4, 0.5) is 26.3 Å². The van der Waals surface area contributed by atoms with Crippen molar-refractivity contribution in [2.24, 2.45) is 4.99 Å². The molecule has 0 saturated heterocycles. The smallest absolute Gasteiger partial charge is 0.390 e. The standard InChI is InChI=1S/C13H15F6N3O.HI/c1-20-12(21-6-5-13(17,18)19)22-7-8-9(14)3-2-4-10(8)23-11(15)16;/h2-4,11H,5-7H2,1H3,(H2,20,21,22);1H. The second kappa shape index (κ2) is 10.5. The van der Waals surface area contributed by atoms with Crippen LogP contribution in [0, 0.1) is 5.82 Å². The predicted octanol–water partition coefficient (Wildman–Crippen LogP) is 3.66. The highest BCUT2D eigenvalue weighted by molar-refractivity contribution is 14.0. The first-order chi connectivity index (χ1) is 10.7. The van der Waals surface area contributed by atoms with E-state index in [0.717, 1.165) is 12.1 Å². The van der Waals surface area contributed by atoms with Crippen molar-refractivity contribution in [2.45, 2.75) is 25.8 Å². The van der Waals surface area contributed by atoms with E-state index >= 15 is 0 Å². The summed E-state index contributed by atoms with van der Waals surface area (Å²) >= 11 is 0. The van der Waals surface area contributed by atoms with Crippen LogP contribution >= 0.6 is 24.0 Å². The average Bonchev–Trinajstić information content (AvgIpc) is 2.42. The lowest BCUT2D eigenvalue weighted by atomic mass is 10.2. The van der Waals surface area contributed by atoms with Crippen LogP contribution < -0.4 is 15.4 Å². The van der Waals surface area contributed by atoms with Crippen molar-refractivity contribution in [1.82, 2.24) is 10.6 Å². The molecule has 1 aromatic rings. The third-order valence-electron chi connectivity index (χ3n) is 2.65. The molecule has 0 radical (unpaired) electrons. The molecule has 0 heterocycles. The molecule has 4 nitrogen and oxygen atoms in total. The van der Waals surface area contributed by atoms with E-state index < -0.39 is 31.6 Å². The van der Waals surface area contributed by atoms with Gasteiger partial charge in [0.25, 0.3) is 0 Å². The zero-order chi connectivity index (χ0) is 17.5. The highest BCUT2D eigenvalue weighted by Gasteiger charge is 2.26. The SMILES string of the molecule is CN=C(NCCC(F)(F)F)NCc1c(F)cccc1OC(F)F.I. The van der Waals surface area contributed by atoms with Gasteiger partial charge in [-0.3, -0.25) is 4.99 Å². The number of nitrogens with one attached hydrogen (secondary N) is 2. The van der Waals surface area contributed by atoms with Crippen LogP contribution in [0.3, 0.4) is 0 Å². The number of rotatable bonds is 6. The van der Waals surface area contributed by atoms with Crippen molar-refractivity contribution >= 4 is 29.9 Å². The molecule has 0 unspecified atom stereocenters. The molecule has 138 valence electrons. The van der Waals surface area contributed by atoms with Crippen LogP contribution in [-0.4, -0.2) is 32.3 Å². The van der Waals surface area contributed by atoms with Crippen LogP contribution in [0.25, 0.3) is 0 Å². The van der Waals surface area contributed by atoms with Gasteiger partial charge in [0.2, 0.25) is 0 Å². The van der Waals surface area contributed by atoms with Crippen LogP contribution in [0.15, 0.2) is 23.2 Å². The summed E-state index contributed by atoms with van der Waals surface area (Å²) in [6.45, 7) is -3.85. The Labute approximate surface area is 151 Å². The molecule has 0 bridgehead atoms. The third kappa shape index (κ3) is 8.45. The summed E-state index contributed by atoms with van der Waals surface area (Å²) in [5, 5.41) is 4.92. The summed E-state index contributed by atoms with van der Waals surface area (Å²) in [5.74, 6) is -1.18. The largest absolute Gasteiger partial charge is 0.434 e. The maximum Gasteiger partial charge on any atom is 0.390 e. The van der Waals surface area contributed by atoms with Gasteiger partial charge in [-0.05, 0) is 12.1 Å². The highest BCUT2D eigenvalue weighted by Crippen LogP contribution is 2.23. The summed E-state index contributed by atoms with van der Waals surface area (Å²) in [6.07, 6.45) is -5.40. The monoisotopic (exact) mass is 471 g/mol. The Morgan fingerprint density at radius 3 is 2.46 bits per heavy atom. The Bertz CT molecular complexity index is 539. The van der Waals surface area contributed by atoms with Crippen LogP contribution in [0.5, 0.6) is 5.75 Å². The van der Waals surface area contributed by atoms with Gasteiger partial charge in [0.15, 0.2) is 5.96 Å². The summed E-state index contributed by atoms with van der Waals surface area (Å²) in [4.78, 5) is 3.66. The Hall–Kier alpha value is -1.40. The van der Waals surface area contributed by atoms with E-state index in [0.29, 0.717) is 0 Å². The molecule has 0 aliphatic rings. The first-order valence-corrected chi connectivity index (χ1v) is 6.46. The van der Waals surface area contributed by atoms with Crippen LogP contribution in [0.1, 0.15) is 12.0 Å². The number of aliphatic imine (C=N–C) groups is 1. The highest BCUT2D eigenvalue weighted by atomic mass is 127. The maximum atomic E-state index is 13.7. The minimum atomic E-state index is -4.32. The van der Waals surface area contributed by atoms with Gasteiger partial charge < -0.3 is 15.4 Å². The maximum absolute atomic E-state index is 13.7. The second-order valence-electron chi connectivity index (χ2n) is 4.31. The molecule has 11 heteroatoms. The predicted molar refractivity (Wildman–Crippen MR) is 87.3 cm³/mol. The zero-order valence-corrected chi connectivity index (χ0v) is 14.8. The molecule has 1 rings (SSSR count).